The summed E-state index contributed by atoms with van der Waals surface area (Å²) in [6.45, 7) is 6.65. The average Bonchev–Trinajstić information content (AvgIpc) is 2.25. The molecule has 90 valence electrons. The first-order valence-corrected chi connectivity index (χ1v) is 6.48. The summed E-state index contributed by atoms with van der Waals surface area (Å²) in [6.07, 6.45) is 0. The summed E-state index contributed by atoms with van der Waals surface area (Å²) in [4.78, 5) is 2.12. The Morgan fingerprint density at radius 1 is 1.31 bits per heavy atom. The van der Waals surface area contributed by atoms with Gasteiger partial charge in [0.15, 0.2) is 0 Å². The molecule has 0 spiro atoms. The average molecular weight is 286 g/mol. The van der Waals surface area contributed by atoms with Crippen LogP contribution in [0.15, 0.2) is 18.2 Å². The second-order valence-corrected chi connectivity index (χ2v) is 5.46. The Balaban J connectivity index is 3.21. The lowest BCUT2D eigenvalue weighted by Gasteiger charge is -2.24. The summed E-state index contributed by atoms with van der Waals surface area (Å²) in [5, 5.41) is 0. The van der Waals surface area contributed by atoms with E-state index < -0.39 is 0 Å². The normalized spacial score (nSPS) is 11.4. The highest BCUT2D eigenvalue weighted by atomic mass is 79.9. The van der Waals surface area contributed by atoms with Crippen LogP contribution in [0.3, 0.4) is 0 Å². The van der Waals surface area contributed by atoms with Crippen molar-refractivity contribution >= 4 is 21.6 Å². The van der Waals surface area contributed by atoms with Crippen molar-refractivity contribution in [2.45, 2.75) is 26.2 Å². The minimum Gasteiger partial charge on any atom is -0.495 e. The van der Waals surface area contributed by atoms with Crippen LogP contribution in [0, 0.1) is 0 Å². The molecule has 0 aliphatic carbocycles. The molecule has 1 rings (SSSR count). The molecule has 3 heteroatoms. The van der Waals surface area contributed by atoms with E-state index >= 15 is 0 Å². The van der Waals surface area contributed by atoms with Gasteiger partial charge in [-0.25, -0.2) is 0 Å². The van der Waals surface area contributed by atoms with Gasteiger partial charge in [0.05, 0.1) is 18.3 Å². The van der Waals surface area contributed by atoms with Crippen molar-refractivity contribution in [3.63, 3.8) is 0 Å². The second-order valence-electron chi connectivity index (χ2n) is 4.95. The van der Waals surface area contributed by atoms with E-state index in [-0.39, 0.29) is 5.41 Å². The van der Waals surface area contributed by atoms with Gasteiger partial charge >= 0.3 is 0 Å². The van der Waals surface area contributed by atoms with Gasteiger partial charge in [-0.3, -0.25) is 0 Å². The molecule has 0 amide bonds. The zero-order chi connectivity index (χ0) is 12.3. The van der Waals surface area contributed by atoms with Crippen molar-refractivity contribution in [1.82, 2.24) is 0 Å². The van der Waals surface area contributed by atoms with Crippen LogP contribution < -0.4 is 9.64 Å². The lowest BCUT2D eigenvalue weighted by Crippen LogP contribution is -2.17. The Hall–Kier alpha value is -0.700. The van der Waals surface area contributed by atoms with Gasteiger partial charge in [0.25, 0.3) is 0 Å². The lowest BCUT2D eigenvalue weighted by atomic mass is 9.86. The van der Waals surface area contributed by atoms with Gasteiger partial charge in [-0.15, -0.1) is 0 Å². The summed E-state index contributed by atoms with van der Waals surface area (Å²) in [5.41, 5.74) is 3.38. The monoisotopic (exact) mass is 285 g/mol. The number of rotatable bonds is 3. The van der Waals surface area contributed by atoms with E-state index in [9.17, 15) is 0 Å². The number of methoxy groups -OCH3 is 1. The molecular formula is C13H20BrNO. The smallest absolute Gasteiger partial charge is 0.142 e. The maximum Gasteiger partial charge on any atom is 0.142 e. The number of hydrogen-bond donors (Lipinski definition) is 0. The van der Waals surface area contributed by atoms with E-state index in [1.807, 2.05) is 13.1 Å². The number of anilines is 1. The molecule has 0 heterocycles. The quantitative estimate of drug-likeness (QED) is 0.619. The fourth-order valence-electron chi connectivity index (χ4n) is 1.52. The van der Waals surface area contributed by atoms with E-state index in [1.54, 1.807) is 7.11 Å². The number of halogens is 1. The first-order chi connectivity index (χ1) is 7.40. The molecule has 1 aromatic carbocycles. The number of benzene rings is 1. The van der Waals surface area contributed by atoms with Crippen LogP contribution in [-0.4, -0.2) is 19.6 Å². The topological polar surface area (TPSA) is 12.5 Å². The summed E-state index contributed by atoms with van der Waals surface area (Å²) < 4.78 is 5.37. The first kappa shape index (κ1) is 13.4. The van der Waals surface area contributed by atoms with Crippen molar-refractivity contribution in [1.29, 1.82) is 0 Å². The maximum atomic E-state index is 5.37. The van der Waals surface area contributed by atoms with Gasteiger partial charge in [0, 0.05) is 7.05 Å². The predicted octanol–water partition coefficient (Wildman–Crippen LogP) is 3.78. The van der Waals surface area contributed by atoms with Gasteiger partial charge in [-0.2, -0.15) is 0 Å². The van der Waals surface area contributed by atoms with E-state index in [0.717, 1.165) is 16.9 Å². The molecular weight excluding hydrogens is 266 g/mol. The Labute approximate surface area is 107 Å². The van der Waals surface area contributed by atoms with Crippen molar-refractivity contribution in [2.75, 3.05) is 24.5 Å². The van der Waals surface area contributed by atoms with Gasteiger partial charge in [-0.1, -0.05) is 42.8 Å². The molecule has 2 nitrogen and oxygen atoms in total. The number of hydrogen-bond acceptors (Lipinski definition) is 2. The molecule has 16 heavy (non-hydrogen) atoms. The zero-order valence-electron chi connectivity index (χ0n) is 10.7. The minimum absolute atomic E-state index is 0.161. The number of nitrogens with zero attached hydrogens (tertiary/aromatic N) is 1. The van der Waals surface area contributed by atoms with Crippen LogP contribution in [-0.2, 0) is 5.41 Å². The van der Waals surface area contributed by atoms with Crippen LogP contribution in [0.5, 0.6) is 5.75 Å². The minimum atomic E-state index is 0.161. The molecule has 0 aromatic heterocycles. The van der Waals surface area contributed by atoms with E-state index in [1.165, 1.54) is 5.56 Å². The van der Waals surface area contributed by atoms with Crippen molar-refractivity contribution < 1.29 is 4.74 Å². The van der Waals surface area contributed by atoms with Crippen LogP contribution in [0.25, 0.3) is 0 Å². The van der Waals surface area contributed by atoms with Crippen molar-refractivity contribution in [2.24, 2.45) is 0 Å². The zero-order valence-corrected chi connectivity index (χ0v) is 12.3. The predicted molar refractivity (Wildman–Crippen MR) is 73.9 cm³/mol. The molecule has 0 saturated heterocycles. The molecule has 0 N–H and O–H groups in total. The largest absolute Gasteiger partial charge is 0.495 e. The SMILES string of the molecule is COc1ccc(C(C)(C)C)cc1N(C)CBr. The summed E-state index contributed by atoms with van der Waals surface area (Å²) >= 11 is 3.46. The molecule has 0 radical (unpaired) electrons. The number of alkyl halides is 1. The van der Waals surface area contributed by atoms with Crippen LogP contribution in [0.4, 0.5) is 5.69 Å². The summed E-state index contributed by atoms with van der Waals surface area (Å²) in [5.74, 6) is 0.912. The van der Waals surface area contributed by atoms with E-state index in [0.29, 0.717) is 0 Å². The Morgan fingerprint density at radius 2 is 1.94 bits per heavy atom. The second kappa shape index (κ2) is 5.09. The van der Waals surface area contributed by atoms with Crippen LogP contribution in [0.1, 0.15) is 26.3 Å². The fraction of sp³-hybridized carbons (Fsp3) is 0.538. The highest BCUT2D eigenvalue weighted by Gasteiger charge is 2.17. The third kappa shape index (κ3) is 2.91. The Kier molecular flexibility index (Phi) is 4.25. The summed E-state index contributed by atoms with van der Waals surface area (Å²) in [6, 6.07) is 6.36. The molecule has 0 saturated carbocycles. The fourth-order valence-corrected chi connectivity index (χ4v) is 1.79. The Morgan fingerprint density at radius 3 is 2.38 bits per heavy atom. The van der Waals surface area contributed by atoms with E-state index in [2.05, 4.69) is 53.7 Å². The Bertz CT molecular complexity index is 357. The van der Waals surface area contributed by atoms with Crippen LogP contribution >= 0.6 is 15.9 Å². The third-order valence-electron chi connectivity index (χ3n) is 2.64. The summed E-state index contributed by atoms with van der Waals surface area (Å²) in [7, 11) is 3.75. The maximum absolute atomic E-state index is 5.37. The highest BCUT2D eigenvalue weighted by molar-refractivity contribution is 9.09. The first-order valence-electron chi connectivity index (χ1n) is 5.35. The number of ether oxygens (including phenoxy) is 1. The molecule has 0 atom stereocenters. The highest BCUT2D eigenvalue weighted by Crippen LogP contribution is 2.33. The molecule has 0 fully saturated rings. The van der Waals surface area contributed by atoms with Crippen molar-refractivity contribution in [3.8, 4) is 5.75 Å². The van der Waals surface area contributed by atoms with E-state index in [4.69, 9.17) is 4.74 Å². The van der Waals surface area contributed by atoms with Gasteiger partial charge in [-0.05, 0) is 23.1 Å². The molecule has 0 unspecified atom stereocenters. The lowest BCUT2D eigenvalue weighted by molar-refractivity contribution is 0.414. The van der Waals surface area contributed by atoms with Crippen LogP contribution in [0.2, 0.25) is 0 Å². The molecule has 0 aliphatic rings. The van der Waals surface area contributed by atoms with Crippen molar-refractivity contribution in [3.05, 3.63) is 23.8 Å². The van der Waals surface area contributed by atoms with Gasteiger partial charge in [0.1, 0.15) is 5.75 Å². The van der Waals surface area contributed by atoms with Gasteiger partial charge < -0.3 is 9.64 Å². The molecule has 0 bridgehead atoms. The van der Waals surface area contributed by atoms with Gasteiger partial charge in [0.2, 0.25) is 0 Å². The molecule has 0 aliphatic heterocycles. The molecule has 1 aromatic rings. The standard InChI is InChI=1S/C13H20BrNO/c1-13(2,3)10-6-7-12(16-5)11(8-10)15(4)9-14/h6-8H,9H2,1-5H3. The third-order valence-corrected chi connectivity index (χ3v) is 3.39.